The molecular formula is C10H14N2OS. The first-order valence-corrected chi connectivity index (χ1v) is 5.82. The molecule has 2 rings (SSSR count). The van der Waals surface area contributed by atoms with Crippen LogP contribution in [0.1, 0.15) is 23.4 Å². The minimum Gasteiger partial charge on any atom is -0.342 e. The molecule has 76 valence electrons. The van der Waals surface area contributed by atoms with Crippen LogP contribution in [0, 0.1) is 6.92 Å². The zero-order valence-corrected chi connectivity index (χ0v) is 9.14. The van der Waals surface area contributed by atoms with Gasteiger partial charge in [-0.2, -0.15) is 0 Å². The second-order valence-electron chi connectivity index (χ2n) is 3.63. The molecule has 0 atom stereocenters. The van der Waals surface area contributed by atoms with E-state index in [1.54, 1.807) is 11.3 Å². The number of amides is 1. The third-order valence-corrected chi connectivity index (χ3v) is 3.55. The summed E-state index contributed by atoms with van der Waals surface area (Å²) in [5.74, 6) is 0.259. The first-order chi connectivity index (χ1) is 6.77. The zero-order chi connectivity index (χ0) is 9.97. The summed E-state index contributed by atoms with van der Waals surface area (Å²) in [6.07, 6.45) is 2.86. The van der Waals surface area contributed by atoms with E-state index in [0.717, 1.165) is 36.5 Å². The lowest BCUT2D eigenvalue weighted by molar-refractivity contribution is -0.129. The monoisotopic (exact) mass is 210 g/mol. The van der Waals surface area contributed by atoms with Crippen molar-refractivity contribution in [3.05, 3.63) is 16.1 Å². The van der Waals surface area contributed by atoms with Gasteiger partial charge in [0.05, 0.1) is 17.6 Å². The average molecular weight is 210 g/mol. The molecular weight excluding hydrogens is 196 g/mol. The van der Waals surface area contributed by atoms with Gasteiger partial charge in [0.1, 0.15) is 0 Å². The molecule has 1 saturated heterocycles. The van der Waals surface area contributed by atoms with Gasteiger partial charge in [-0.15, -0.1) is 11.3 Å². The van der Waals surface area contributed by atoms with Gasteiger partial charge in [0.25, 0.3) is 0 Å². The fourth-order valence-electron chi connectivity index (χ4n) is 1.71. The highest BCUT2D eigenvalue weighted by Gasteiger charge is 2.19. The van der Waals surface area contributed by atoms with Crippen LogP contribution in [-0.2, 0) is 11.2 Å². The van der Waals surface area contributed by atoms with Gasteiger partial charge in [-0.3, -0.25) is 4.79 Å². The molecule has 0 saturated carbocycles. The Kier molecular flexibility index (Phi) is 2.82. The van der Waals surface area contributed by atoms with Gasteiger partial charge >= 0.3 is 0 Å². The van der Waals surface area contributed by atoms with Crippen molar-refractivity contribution in [1.82, 2.24) is 9.88 Å². The number of aryl methyl sites for hydroxylation is 1. The van der Waals surface area contributed by atoms with Gasteiger partial charge in [0.2, 0.25) is 5.91 Å². The van der Waals surface area contributed by atoms with Crippen LogP contribution in [-0.4, -0.2) is 28.9 Å². The number of nitrogens with zero attached hydrogens (tertiary/aromatic N) is 2. The summed E-state index contributed by atoms with van der Waals surface area (Å²) < 4.78 is 0. The lowest BCUT2D eigenvalue weighted by Gasteiger charge is -2.14. The van der Waals surface area contributed by atoms with E-state index in [9.17, 15) is 4.79 Å². The molecule has 14 heavy (non-hydrogen) atoms. The minimum absolute atomic E-state index is 0.259. The summed E-state index contributed by atoms with van der Waals surface area (Å²) in [5.41, 5.74) is 2.81. The zero-order valence-electron chi connectivity index (χ0n) is 8.32. The highest BCUT2D eigenvalue weighted by molar-refractivity contribution is 7.09. The summed E-state index contributed by atoms with van der Waals surface area (Å²) in [6.45, 7) is 3.84. The summed E-state index contributed by atoms with van der Waals surface area (Å²) in [7, 11) is 0. The third kappa shape index (κ3) is 1.95. The van der Waals surface area contributed by atoms with Crippen LogP contribution in [0.3, 0.4) is 0 Å². The lowest BCUT2D eigenvalue weighted by atomic mass is 10.3. The Morgan fingerprint density at radius 1 is 1.57 bits per heavy atom. The molecule has 0 N–H and O–H groups in total. The van der Waals surface area contributed by atoms with E-state index >= 15 is 0 Å². The SMILES string of the molecule is Cc1ncsc1CC(=O)N1CCCC1. The summed E-state index contributed by atoms with van der Waals surface area (Å²) in [5, 5.41) is 0. The number of likely N-dealkylation sites (tertiary alicyclic amines) is 1. The number of rotatable bonds is 2. The fourth-order valence-corrected chi connectivity index (χ4v) is 2.48. The molecule has 3 nitrogen and oxygen atoms in total. The van der Waals surface area contributed by atoms with E-state index in [1.807, 2.05) is 17.3 Å². The van der Waals surface area contributed by atoms with Crippen molar-refractivity contribution >= 4 is 17.2 Å². The highest BCUT2D eigenvalue weighted by Crippen LogP contribution is 2.16. The average Bonchev–Trinajstić information content (AvgIpc) is 2.77. The molecule has 1 aromatic rings. The van der Waals surface area contributed by atoms with Gasteiger partial charge in [-0.05, 0) is 19.8 Å². The molecule has 1 amide bonds. The van der Waals surface area contributed by atoms with Crippen molar-refractivity contribution in [2.45, 2.75) is 26.2 Å². The van der Waals surface area contributed by atoms with Crippen LogP contribution in [0.25, 0.3) is 0 Å². The fraction of sp³-hybridized carbons (Fsp3) is 0.600. The maximum Gasteiger partial charge on any atom is 0.227 e. The van der Waals surface area contributed by atoms with E-state index in [0.29, 0.717) is 6.42 Å². The van der Waals surface area contributed by atoms with E-state index in [4.69, 9.17) is 0 Å². The van der Waals surface area contributed by atoms with Crippen LogP contribution in [0.4, 0.5) is 0 Å². The van der Waals surface area contributed by atoms with Crippen molar-refractivity contribution in [3.8, 4) is 0 Å². The first kappa shape index (κ1) is 9.65. The van der Waals surface area contributed by atoms with Crippen LogP contribution in [0.15, 0.2) is 5.51 Å². The van der Waals surface area contributed by atoms with Crippen LogP contribution >= 0.6 is 11.3 Å². The normalized spacial score (nSPS) is 16.2. The predicted molar refractivity (Wildman–Crippen MR) is 56.4 cm³/mol. The van der Waals surface area contributed by atoms with Gasteiger partial charge in [-0.25, -0.2) is 4.98 Å². The van der Waals surface area contributed by atoms with Crippen molar-refractivity contribution < 1.29 is 4.79 Å². The van der Waals surface area contributed by atoms with E-state index in [2.05, 4.69) is 4.98 Å². The van der Waals surface area contributed by atoms with E-state index in [1.165, 1.54) is 0 Å². The van der Waals surface area contributed by atoms with E-state index < -0.39 is 0 Å². The second-order valence-corrected chi connectivity index (χ2v) is 4.56. The van der Waals surface area contributed by atoms with Gasteiger partial charge in [0.15, 0.2) is 0 Å². The number of carbonyl (C=O) groups excluding carboxylic acids is 1. The molecule has 0 aliphatic carbocycles. The van der Waals surface area contributed by atoms with Crippen molar-refractivity contribution in [2.75, 3.05) is 13.1 Å². The quantitative estimate of drug-likeness (QED) is 0.743. The Balaban J connectivity index is 1.97. The molecule has 1 aromatic heterocycles. The molecule has 1 fully saturated rings. The van der Waals surface area contributed by atoms with Gasteiger partial charge in [-0.1, -0.05) is 0 Å². The molecule has 1 aliphatic rings. The molecule has 0 radical (unpaired) electrons. The maximum atomic E-state index is 11.8. The Morgan fingerprint density at radius 3 is 2.86 bits per heavy atom. The molecule has 0 bridgehead atoms. The Hall–Kier alpha value is -0.900. The van der Waals surface area contributed by atoms with Crippen LogP contribution < -0.4 is 0 Å². The lowest BCUT2D eigenvalue weighted by Crippen LogP contribution is -2.28. The second kappa shape index (κ2) is 4.09. The molecule has 4 heteroatoms. The Labute approximate surface area is 87.8 Å². The summed E-state index contributed by atoms with van der Waals surface area (Å²) >= 11 is 1.58. The first-order valence-electron chi connectivity index (χ1n) is 4.94. The van der Waals surface area contributed by atoms with Crippen molar-refractivity contribution in [1.29, 1.82) is 0 Å². The summed E-state index contributed by atoms with van der Waals surface area (Å²) in [4.78, 5) is 19.0. The Bertz CT molecular complexity index is 329. The number of thiazole rings is 1. The third-order valence-electron chi connectivity index (χ3n) is 2.62. The number of aromatic nitrogens is 1. The largest absolute Gasteiger partial charge is 0.342 e. The predicted octanol–water partition coefficient (Wildman–Crippen LogP) is 1.62. The molecule has 0 aromatic carbocycles. The van der Waals surface area contributed by atoms with Crippen molar-refractivity contribution in [3.63, 3.8) is 0 Å². The number of carbonyl (C=O) groups is 1. The van der Waals surface area contributed by atoms with Crippen LogP contribution in [0.2, 0.25) is 0 Å². The topological polar surface area (TPSA) is 33.2 Å². The number of hydrogen-bond acceptors (Lipinski definition) is 3. The maximum absolute atomic E-state index is 11.8. The highest BCUT2D eigenvalue weighted by atomic mass is 32.1. The summed E-state index contributed by atoms with van der Waals surface area (Å²) in [6, 6.07) is 0. The standard InChI is InChI=1S/C10H14N2OS/c1-8-9(14-7-11-8)6-10(13)12-4-2-3-5-12/h7H,2-6H2,1H3. The Morgan fingerprint density at radius 2 is 2.29 bits per heavy atom. The minimum atomic E-state index is 0.259. The smallest absolute Gasteiger partial charge is 0.227 e. The molecule has 2 heterocycles. The van der Waals surface area contributed by atoms with Gasteiger partial charge < -0.3 is 4.90 Å². The van der Waals surface area contributed by atoms with Crippen LogP contribution in [0.5, 0.6) is 0 Å². The van der Waals surface area contributed by atoms with Gasteiger partial charge in [0, 0.05) is 18.0 Å². The molecule has 1 aliphatic heterocycles. The van der Waals surface area contributed by atoms with E-state index in [-0.39, 0.29) is 5.91 Å². The molecule has 0 unspecified atom stereocenters. The molecule has 0 spiro atoms. The van der Waals surface area contributed by atoms with Crippen molar-refractivity contribution in [2.24, 2.45) is 0 Å². The number of hydrogen-bond donors (Lipinski definition) is 0.